The Morgan fingerprint density at radius 2 is 1.38 bits per heavy atom. The average Bonchev–Trinajstić information content (AvgIpc) is 2.85. The lowest BCUT2D eigenvalue weighted by atomic mass is 10.1. The number of benzene rings is 2. The lowest BCUT2D eigenvalue weighted by Crippen LogP contribution is -2.42. The number of carboxylic acid groups (broad SMARTS) is 1. The minimum atomic E-state index is -0.885. The predicted octanol–water partition coefficient (Wildman–Crippen LogP) is 5.52. The molecule has 0 aliphatic rings. The molecule has 0 aromatic heterocycles. The molecule has 2 rings (SSSR count). The highest BCUT2D eigenvalue weighted by Gasteiger charge is 2.25. The molecule has 0 aliphatic heterocycles. The molecule has 4 N–H and O–H groups in total. The molecule has 0 spiro atoms. The topological polar surface area (TPSA) is 135 Å². The summed E-state index contributed by atoms with van der Waals surface area (Å²) in [5, 5.41) is 16.3. The van der Waals surface area contributed by atoms with E-state index in [-0.39, 0.29) is 49.3 Å². The highest BCUT2D eigenvalue weighted by molar-refractivity contribution is 5.97. The maximum Gasteiger partial charge on any atom is 0.303 e. The van der Waals surface area contributed by atoms with Gasteiger partial charge in [-0.15, -0.1) is 12.4 Å². The number of nitrogens with zero attached hydrogens (tertiary/aromatic N) is 1. The van der Waals surface area contributed by atoms with Crippen LogP contribution in [0.4, 0.5) is 0 Å². The predicted molar refractivity (Wildman–Crippen MR) is 155 cm³/mol. The van der Waals surface area contributed by atoms with Crippen LogP contribution in [0.25, 0.3) is 0 Å². The number of nitrogens with one attached hydrogen (secondary N) is 1. The van der Waals surface area contributed by atoms with Gasteiger partial charge in [-0.3, -0.25) is 15.0 Å². The number of carbonyl (C=O) groups excluding carboxylic acids is 1. The maximum absolute atomic E-state index is 13.3. The summed E-state index contributed by atoms with van der Waals surface area (Å²) in [6.45, 7) is 9.15. The van der Waals surface area contributed by atoms with Gasteiger partial charge in [0.15, 0.2) is 0 Å². The van der Waals surface area contributed by atoms with Gasteiger partial charge in [0, 0.05) is 30.1 Å². The lowest BCUT2D eigenvalue weighted by Gasteiger charge is -2.31. The van der Waals surface area contributed by atoms with Crippen LogP contribution in [0.3, 0.4) is 0 Å². The minimum Gasteiger partial charge on any atom is -0.494 e. The van der Waals surface area contributed by atoms with Crippen LogP contribution in [-0.2, 0) is 4.79 Å². The van der Waals surface area contributed by atoms with Crippen LogP contribution in [-0.4, -0.2) is 59.6 Å². The summed E-state index contributed by atoms with van der Waals surface area (Å²) in [6, 6.07) is 12.4. The van der Waals surface area contributed by atoms with Crippen molar-refractivity contribution in [1.82, 2.24) is 4.90 Å². The van der Waals surface area contributed by atoms with E-state index in [1.165, 1.54) is 0 Å². The SMILES string of the molecule is CC(C)N(C(=O)c1ccc(OCCCCCOc2ccc(C(=N)N)cc2)cc1OCCCC(=O)O)C(C)C.Cl. The molecule has 2 aromatic carbocycles. The number of rotatable bonds is 17. The van der Waals surface area contributed by atoms with Crippen molar-refractivity contribution in [2.24, 2.45) is 5.73 Å². The maximum atomic E-state index is 13.3. The Labute approximate surface area is 237 Å². The highest BCUT2D eigenvalue weighted by atomic mass is 35.5. The second-order valence-corrected chi connectivity index (χ2v) is 9.60. The monoisotopic (exact) mass is 563 g/mol. The van der Waals surface area contributed by atoms with Crippen molar-refractivity contribution in [3.63, 3.8) is 0 Å². The molecule has 0 radical (unpaired) electrons. The van der Waals surface area contributed by atoms with Gasteiger partial charge in [0.1, 0.15) is 23.1 Å². The number of aliphatic carboxylic acids is 1. The summed E-state index contributed by atoms with van der Waals surface area (Å²) < 4.78 is 17.5. The number of nitrogen functional groups attached to an aromatic ring is 1. The Hall–Kier alpha value is -3.46. The number of amides is 1. The van der Waals surface area contributed by atoms with Gasteiger partial charge in [-0.25, -0.2) is 0 Å². The normalized spacial score (nSPS) is 10.6. The smallest absolute Gasteiger partial charge is 0.303 e. The Bertz CT molecular complexity index is 1050. The van der Waals surface area contributed by atoms with Gasteiger partial charge >= 0.3 is 5.97 Å². The van der Waals surface area contributed by atoms with Crippen molar-refractivity contribution in [2.75, 3.05) is 19.8 Å². The van der Waals surface area contributed by atoms with Crippen molar-refractivity contribution < 1.29 is 28.9 Å². The van der Waals surface area contributed by atoms with Crippen LogP contribution in [0, 0.1) is 5.41 Å². The molecule has 0 aliphatic carbocycles. The molecule has 2 aromatic rings. The number of nitrogens with two attached hydrogens (primary N) is 1. The zero-order valence-corrected chi connectivity index (χ0v) is 24.1. The largest absolute Gasteiger partial charge is 0.494 e. The van der Waals surface area contributed by atoms with E-state index in [2.05, 4.69) is 0 Å². The fourth-order valence-electron chi connectivity index (χ4n) is 3.99. The average molecular weight is 564 g/mol. The van der Waals surface area contributed by atoms with Crippen LogP contribution < -0.4 is 19.9 Å². The molecular formula is C29H42ClN3O6. The molecule has 0 saturated heterocycles. The van der Waals surface area contributed by atoms with Crippen LogP contribution in [0.1, 0.15) is 75.7 Å². The third kappa shape index (κ3) is 11.4. The van der Waals surface area contributed by atoms with Crippen molar-refractivity contribution in [3.05, 3.63) is 53.6 Å². The van der Waals surface area contributed by atoms with Gasteiger partial charge in [0.05, 0.1) is 25.4 Å². The molecule has 39 heavy (non-hydrogen) atoms. The fourth-order valence-corrected chi connectivity index (χ4v) is 3.99. The number of hydrogen-bond acceptors (Lipinski definition) is 6. The summed E-state index contributed by atoms with van der Waals surface area (Å²) in [6.07, 6.45) is 2.95. The third-order valence-electron chi connectivity index (χ3n) is 5.81. The van der Waals surface area contributed by atoms with Crippen molar-refractivity contribution in [1.29, 1.82) is 5.41 Å². The number of carboxylic acids is 1. The van der Waals surface area contributed by atoms with Crippen molar-refractivity contribution >= 4 is 30.1 Å². The Balaban J connectivity index is 0.00000760. The zero-order chi connectivity index (χ0) is 28.1. The first-order chi connectivity index (χ1) is 18.1. The van der Waals surface area contributed by atoms with E-state index in [1.807, 2.05) is 27.7 Å². The van der Waals surface area contributed by atoms with Gasteiger partial charge in [-0.05, 0) is 89.8 Å². The molecule has 0 unspecified atom stereocenters. The van der Waals surface area contributed by atoms with Crippen LogP contribution >= 0.6 is 12.4 Å². The molecule has 0 fully saturated rings. The summed E-state index contributed by atoms with van der Waals surface area (Å²) in [7, 11) is 0. The minimum absolute atomic E-state index is 0. The number of amidine groups is 1. The third-order valence-corrected chi connectivity index (χ3v) is 5.81. The molecule has 0 atom stereocenters. The molecule has 10 heteroatoms. The van der Waals surface area contributed by atoms with Gasteiger partial charge in [-0.1, -0.05) is 0 Å². The number of hydrogen-bond donors (Lipinski definition) is 3. The number of unbranched alkanes of at least 4 members (excludes halogenated alkanes) is 2. The molecule has 216 valence electrons. The van der Waals surface area contributed by atoms with Crippen LogP contribution in [0.15, 0.2) is 42.5 Å². The van der Waals surface area contributed by atoms with E-state index in [0.29, 0.717) is 42.3 Å². The quantitative estimate of drug-likeness (QED) is 0.131. The number of ether oxygens (including phenoxy) is 3. The summed E-state index contributed by atoms with van der Waals surface area (Å²) in [4.78, 5) is 25.9. The number of carbonyl (C=O) groups is 2. The Morgan fingerprint density at radius 3 is 1.92 bits per heavy atom. The van der Waals surface area contributed by atoms with Gasteiger partial charge < -0.3 is 30.0 Å². The van der Waals surface area contributed by atoms with Crippen LogP contribution in [0.2, 0.25) is 0 Å². The van der Waals surface area contributed by atoms with E-state index in [4.69, 9.17) is 30.5 Å². The lowest BCUT2D eigenvalue weighted by molar-refractivity contribution is -0.137. The van der Waals surface area contributed by atoms with E-state index in [1.54, 1.807) is 47.4 Å². The Morgan fingerprint density at radius 1 is 0.846 bits per heavy atom. The summed E-state index contributed by atoms with van der Waals surface area (Å²) in [5.41, 5.74) is 6.56. The van der Waals surface area contributed by atoms with Crippen molar-refractivity contribution in [3.8, 4) is 17.2 Å². The van der Waals surface area contributed by atoms with Gasteiger partial charge in [0.2, 0.25) is 0 Å². The fraction of sp³-hybridized carbons (Fsp3) is 0.483. The molecule has 9 nitrogen and oxygen atoms in total. The molecular weight excluding hydrogens is 522 g/mol. The van der Waals surface area contributed by atoms with E-state index in [9.17, 15) is 9.59 Å². The zero-order valence-electron chi connectivity index (χ0n) is 23.3. The van der Waals surface area contributed by atoms with E-state index >= 15 is 0 Å². The van der Waals surface area contributed by atoms with E-state index < -0.39 is 5.97 Å². The van der Waals surface area contributed by atoms with Gasteiger partial charge in [0.25, 0.3) is 5.91 Å². The second-order valence-electron chi connectivity index (χ2n) is 9.60. The number of halogens is 1. The Kier molecular flexibility index (Phi) is 14.8. The van der Waals surface area contributed by atoms with Crippen LogP contribution in [0.5, 0.6) is 17.2 Å². The highest BCUT2D eigenvalue weighted by Crippen LogP contribution is 2.28. The van der Waals surface area contributed by atoms with Gasteiger partial charge in [-0.2, -0.15) is 0 Å². The molecule has 0 bridgehead atoms. The summed E-state index contributed by atoms with van der Waals surface area (Å²) >= 11 is 0. The first kappa shape index (κ1) is 33.6. The second kappa shape index (κ2) is 17.2. The first-order valence-electron chi connectivity index (χ1n) is 13.1. The first-order valence-corrected chi connectivity index (χ1v) is 13.1. The molecule has 0 saturated carbocycles. The van der Waals surface area contributed by atoms with E-state index in [0.717, 1.165) is 25.0 Å². The summed E-state index contributed by atoms with van der Waals surface area (Å²) in [5.74, 6) is 0.744. The van der Waals surface area contributed by atoms with Crippen molar-refractivity contribution in [2.45, 2.75) is 71.9 Å². The molecule has 1 amide bonds. The molecule has 0 heterocycles. The standard InChI is InChI=1S/C29H41N3O6.ClH/c1-20(2)32(21(3)4)29(35)25-15-14-24(19-26(25)38-18-8-9-27(33)34)37-17-7-5-6-16-36-23-12-10-22(11-13-23)28(30)31;/h10-15,19-21H,5-9,16-18H2,1-4H3,(H3,30,31)(H,33,34);1H.